The molecule has 19 heavy (non-hydrogen) atoms. The molecule has 0 radical (unpaired) electrons. The minimum absolute atomic E-state index is 0.00155. The van der Waals surface area contributed by atoms with Crippen LogP contribution in [0.4, 0.5) is 5.69 Å². The fraction of sp³-hybridized carbons (Fsp3) is 0.571. The van der Waals surface area contributed by atoms with E-state index in [1.165, 1.54) is 0 Å². The van der Waals surface area contributed by atoms with Crippen LogP contribution in [0.3, 0.4) is 0 Å². The monoisotopic (exact) mass is 282 g/mol. The van der Waals surface area contributed by atoms with Crippen molar-refractivity contribution in [1.82, 2.24) is 4.72 Å². The summed E-state index contributed by atoms with van der Waals surface area (Å²) in [6.45, 7) is 5.96. The molecule has 1 aliphatic rings. The van der Waals surface area contributed by atoms with Crippen LogP contribution in [0.1, 0.15) is 38.7 Å². The molecule has 0 heterocycles. The van der Waals surface area contributed by atoms with Crippen LogP contribution in [0.15, 0.2) is 23.1 Å². The lowest BCUT2D eigenvalue weighted by molar-refractivity contribution is 0.313. The molecule has 1 unspecified atom stereocenters. The summed E-state index contributed by atoms with van der Waals surface area (Å²) in [6, 6.07) is 5.00. The minimum Gasteiger partial charge on any atom is -0.398 e. The predicted octanol–water partition coefficient (Wildman–Crippen LogP) is 2.43. The van der Waals surface area contributed by atoms with Crippen LogP contribution in [-0.2, 0) is 10.0 Å². The molecule has 1 aromatic rings. The van der Waals surface area contributed by atoms with Gasteiger partial charge >= 0.3 is 0 Å². The zero-order chi connectivity index (χ0) is 14.3. The van der Waals surface area contributed by atoms with Crippen molar-refractivity contribution in [2.75, 3.05) is 5.73 Å². The van der Waals surface area contributed by atoms with E-state index in [0.717, 1.165) is 19.3 Å². The summed E-state index contributed by atoms with van der Waals surface area (Å²) >= 11 is 0. The zero-order valence-electron chi connectivity index (χ0n) is 11.7. The van der Waals surface area contributed by atoms with Gasteiger partial charge in [-0.05, 0) is 42.9 Å². The van der Waals surface area contributed by atoms with Crippen molar-refractivity contribution in [3.8, 4) is 0 Å². The van der Waals surface area contributed by atoms with Crippen LogP contribution >= 0.6 is 0 Å². The van der Waals surface area contributed by atoms with Gasteiger partial charge in [0.15, 0.2) is 0 Å². The van der Waals surface area contributed by atoms with Crippen molar-refractivity contribution in [2.45, 2.75) is 51.0 Å². The van der Waals surface area contributed by atoms with Crippen molar-refractivity contribution in [2.24, 2.45) is 5.41 Å². The third-order valence-electron chi connectivity index (χ3n) is 4.17. The fourth-order valence-electron chi connectivity index (χ4n) is 2.72. The zero-order valence-corrected chi connectivity index (χ0v) is 12.5. The molecule has 1 saturated carbocycles. The summed E-state index contributed by atoms with van der Waals surface area (Å²) in [6.07, 6.45) is 3.01. The van der Waals surface area contributed by atoms with Crippen LogP contribution < -0.4 is 10.5 Å². The van der Waals surface area contributed by atoms with E-state index in [0.29, 0.717) is 11.3 Å². The first-order valence-corrected chi connectivity index (χ1v) is 8.10. The molecule has 0 aromatic heterocycles. The van der Waals surface area contributed by atoms with Crippen molar-refractivity contribution >= 4 is 15.7 Å². The molecule has 0 saturated heterocycles. The van der Waals surface area contributed by atoms with Gasteiger partial charge < -0.3 is 5.73 Å². The third-order valence-corrected chi connectivity index (χ3v) is 5.79. The minimum atomic E-state index is -3.50. The standard InChI is InChI=1S/C14H22N2O2S/c1-10-11(15)6-4-7-12(10)19(17,18)16-13-8-5-9-14(13,2)3/h4,6-7,13,16H,5,8-9,15H2,1-3H3. The van der Waals surface area contributed by atoms with E-state index >= 15 is 0 Å². The number of nitrogens with one attached hydrogen (secondary N) is 1. The van der Waals surface area contributed by atoms with E-state index < -0.39 is 10.0 Å². The van der Waals surface area contributed by atoms with Crippen LogP contribution in [0.5, 0.6) is 0 Å². The van der Waals surface area contributed by atoms with E-state index in [1.807, 2.05) is 0 Å². The number of nitrogen functional groups attached to an aromatic ring is 1. The second-order valence-electron chi connectivity index (χ2n) is 6.03. The van der Waals surface area contributed by atoms with Gasteiger partial charge in [-0.15, -0.1) is 0 Å². The normalized spacial score (nSPS) is 22.6. The smallest absolute Gasteiger partial charge is 0.241 e. The van der Waals surface area contributed by atoms with Crippen LogP contribution in [0.25, 0.3) is 0 Å². The molecule has 0 bridgehead atoms. The molecular weight excluding hydrogens is 260 g/mol. The Bertz CT molecular complexity index is 579. The highest BCUT2D eigenvalue weighted by Crippen LogP contribution is 2.38. The van der Waals surface area contributed by atoms with E-state index in [1.54, 1.807) is 25.1 Å². The highest BCUT2D eigenvalue weighted by atomic mass is 32.2. The molecule has 1 aliphatic carbocycles. The second-order valence-corrected chi connectivity index (χ2v) is 7.71. The van der Waals surface area contributed by atoms with Gasteiger partial charge in [-0.2, -0.15) is 0 Å². The van der Waals surface area contributed by atoms with Gasteiger partial charge in [-0.3, -0.25) is 0 Å². The maximum absolute atomic E-state index is 12.5. The molecule has 0 spiro atoms. The molecule has 2 rings (SSSR count). The molecule has 4 nitrogen and oxygen atoms in total. The van der Waals surface area contributed by atoms with Gasteiger partial charge in [-0.25, -0.2) is 13.1 Å². The van der Waals surface area contributed by atoms with Crippen LogP contribution in [0, 0.1) is 12.3 Å². The average Bonchev–Trinajstić information content (AvgIpc) is 2.61. The maximum Gasteiger partial charge on any atom is 0.241 e. The molecule has 0 aliphatic heterocycles. The van der Waals surface area contributed by atoms with Gasteiger partial charge in [0.1, 0.15) is 0 Å². The van der Waals surface area contributed by atoms with Crippen molar-refractivity contribution in [3.63, 3.8) is 0 Å². The first kappa shape index (κ1) is 14.3. The lowest BCUT2D eigenvalue weighted by Crippen LogP contribution is -2.41. The summed E-state index contributed by atoms with van der Waals surface area (Å²) < 4.78 is 27.8. The Kier molecular flexibility index (Phi) is 3.62. The van der Waals surface area contributed by atoms with E-state index in [2.05, 4.69) is 18.6 Å². The highest BCUT2D eigenvalue weighted by Gasteiger charge is 2.37. The molecule has 1 fully saturated rings. The Hall–Kier alpha value is -1.07. The number of hydrogen-bond donors (Lipinski definition) is 2. The Morgan fingerprint density at radius 1 is 1.37 bits per heavy atom. The van der Waals surface area contributed by atoms with Gasteiger partial charge in [0.05, 0.1) is 4.90 Å². The molecular formula is C14H22N2O2S. The first-order valence-electron chi connectivity index (χ1n) is 6.61. The molecule has 3 N–H and O–H groups in total. The van der Waals surface area contributed by atoms with Crippen molar-refractivity contribution in [3.05, 3.63) is 23.8 Å². The Labute approximate surface area is 115 Å². The molecule has 106 valence electrons. The number of sulfonamides is 1. The third kappa shape index (κ3) is 2.77. The number of nitrogens with two attached hydrogens (primary N) is 1. The maximum atomic E-state index is 12.5. The quantitative estimate of drug-likeness (QED) is 0.836. The lowest BCUT2D eigenvalue weighted by Gasteiger charge is -2.27. The summed E-state index contributed by atoms with van der Waals surface area (Å²) in [7, 11) is -3.50. The summed E-state index contributed by atoms with van der Waals surface area (Å²) in [5, 5.41) is 0. The predicted molar refractivity (Wildman–Crippen MR) is 77.3 cm³/mol. The fourth-order valence-corrected chi connectivity index (χ4v) is 4.44. The second kappa shape index (κ2) is 4.80. The molecule has 0 amide bonds. The first-order chi connectivity index (χ1) is 8.74. The molecule has 1 aromatic carbocycles. The summed E-state index contributed by atoms with van der Waals surface area (Å²) in [4.78, 5) is 0.287. The number of hydrogen-bond acceptors (Lipinski definition) is 3. The van der Waals surface area contributed by atoms with Crippen molar-refractivity contribution in [1.29, 1.82) is 0 Å². The van der Waals surface area contributed by atoms with Crippen molar-refractivity contribution < 1.29 is 8.42 Å². The van der Waals surface area contributed by atoms with E-state index in [-0.39, 0.29) is 16.4 Å². The number of anilines is 1. The molecule has 5 heteroatoms. The Morgan fingerprint density at radius 2 is 2.05 bits per heavy atom. The van der Waals surface area contributed by atoms with Gasteiger partial charge in [0.25, 0.3) is 0 Å². The SMILES string of the molecule is Cc1c(N)cccc1S(=O)(=O)NC1CCCC1(C)C. The largest absolute Gasteiger partial charge is 0.398 e. The summed E-state index contributed by atoms with van der Waals surface area (Å²) in [5.74, 6) is 0. The summed E-state index contributed by atoms with van der Waals surface area (Å²) in [5.41, 5.74) is 6.93. The van der Waals surface area contributed by atoms with Gasteiger partial charge in [0.2, 0.25) is 10.0 Å². The molecule has 1 atom stereocenters. The van der Waals surface area contributed by atoms with Gasteiger partial charge in [-0.1, -0.05) is 26.3 Å². The van der Waals surface area contributed by atoms with Crippen LogP contribution in [0.2, 0.25) is 0 Å². The van der Waals surface area contributed by atoms with E-state index in [9.17, 15) is 8.42 Å². The number of rotatable bonds is 3. The Balaban J connectivity index is 2.31. The number of benzene rings is 1. The van der Waals surface area contributed by atoms with Gasteiger partial charge in [0, 0.05) is 11.7 Å². The lowest BCUT2D eigenvalue weighted by atomic mass is 9.88. The highest BCUT2D eigenvalue weighted by molar-refractivity contribution is 7.89. The average molecular weight is 282 g/mol. The Morgan fingerprint density at radius 3 is 2.63 bits per heavy atom. The van der Waals surface area contributed by atoms with Crippen LogP contribution in [-0.4, -0.2) is 14.5 Å². The topological polar surface area (TPSA) is 72.2 Å². The van der Waals surface area contributed by atoms with E-state index in [4.69, 9.17) is 5.73 Å².